The molecule has 150 valence electrons. The average Bonchev–Trinajstić information content (AvgIpc) is 3.59. The number of aromatic nitrogens is 4. The summed E-state index contributed by atoms with van der Waals surface area (Å²) in [6.07, 6.45) is 13.6. The summed E-state index contributed by atoms with van der Waals surface area (Å²) in [5.41, 5.74) is 10.6. The number of nitrogens with zero attached hydrogens (tertiary/aromatic N) is 2. The van der Waals surface area contributed by atoms with E-state index in [9.17, 15) is 0 Å². The lowest BCUT2D eigenvalue weighted by molar-refractivity contribution is 1.31. The lowest BCUT2D eigenvalue weighted by Gasteiger charge is -1.99. The average molecular weight is 410 g/mol. The first kappa shape index (κ1) is 18.2. The molecule has 6 rings (SSSR count). The molecular formula is C28H18N4. The first-order valence-electron chi connectivity index (χ1n) is 10.4. The van der Waals surface area contributed by atoms with E-state index in [4.69, 9.17) is 16.4 Å². The molecule has 32 heavy (non-hydrogen) atoms. The molecule has 0 fully saturated rings. The van der Waals surface area contributed by atoms with Gasteiger partial charge in [0.05, 0.1) is 22.8 Å². The van der Waals surface area contributed by atoms with E-state index in [0.29, 0.717) is 0 Å². The maximum absolute atomic E-state index is 5.53. The highest BCUT2D eigenvalue weighted by molar-refractivity contribution is 5.88. The summed E-state index contributed by atoms with van der Waals surface area (Å²) in [6, 6.07) is 22.5. The van der Waals surface area contributed by atoms with Crippen LogP contribution in [0.15, 0.2) is 66.7 Å². The van der Waals surface area contributed by atoms with Crippen molar-refractivity contribution in [2.75, 3.05) is 0 Å². The molecular weight excluding hydrogens is 392 g/mol. The molecule has 2 aliphatic heterocycles. The molecule has 2 N–H and O–H groups in total. The maximum Gasteiger partial charge on any atom is 0.0658 e. The highest BCUT2D eigenvalue weighted by Crippen LogP contribution is 2.28. The standard InChI is InChI=1S/C28H18N4/c1-2-18-3-5-19(6-4-18)27-16-26-15-24-10-9-22(30-24)13-20-7-8-21(29-20)14-23-11-12-25(31-23)17-28(27)32-26/h1,3-17,29,32H. The third kappa shape index (κ3) is 3.42. The van der Waals surface area contributed by atoms with Crippen molar-refractivity contribution >= 4 is 46.4 Å². The van der Waals surface area contributed by atoms with Crippen LogP contribution in [0, 0.1) is 12.3 Å². The molecule has 8 bridgehead atoms. The lowest BCUT2D eigenvalue weighted by atomic mass is 10.0. The third-order valence-electron chi connectivity index (χ3n) is 5.53. The number of fused-ring (bicyclic) bond motifs is 8. The smallest absolute Gasteiger partial charge is 0.0658 e. The second kappa shape index (κ2) is 7.26. The van der Waals surface area contributed by atoms with E-state index in [0.717, 1.165) is 61.5 Å². The van der Waals surface area contributed by atoms with Crippen LogP contribution in [-0.4, -0.2) is 19.9 Å². The summed E-state index contributed by atoms with van der Waals surface area (Å²) in [5.74, 6) is 2.68. The maximum atomic E-state index is 5.53. The summed E-state index contributed by atoms with van der Waals surface area (Å²) in [4.78, 5) is 16.4. The first-order chi connectivity index (χ1) is 15.7. The monoisotopic (exact) mass is 410 g/mol. The Kier molecular flexibility index (Phi) is 4.12. The van der Waals surface area contributed by atoms with Gasteiger partial charge >= 0.3 is 0 Å². The van der Waals surface area contributed by atoms with Crippen molar-refractivity contribution in [1.29, 1.82) is 0 Å². The molecule has 0 radical (unpaired) electrons. The predicted octanol–water partition coefficient (Wildman–Crippen LogP) is 6.30. The zero-order valence-electron chi connectivity index (χ0n) is 17.1. The molecule has 0 amide bonds. The van der Waals surface area contributed by atoms with E-state index in [1.54, 1.807) is 0 Å². The van der Waals surface area contributed by atoms with E-state index in [2.05, 4.69) is 46.2 Å². The second-order valence-corrected chi connectivity index (χ2v) is 7.81. The number of nitrogens with one attached hydrogen (secondary N) is 2. The molecule has 1 aromatic carbocycles. The quantitative estimate of drug-likeness (QED) is 0.312. The van der Waals surface area contributed by atoms with Crippen molar-refractivity contribution in [3.63, 3.8) is 0 Å². The van der Waals surface area contributed by atoms with E-state index >= 15 is 0 Å². The molecule has 0 atom stereocenters. The third-order valence-corrected chi connectivity index (χ3v) is 5.53. The van der Waals surface area contributed by atoms with Crippen molar-refractivity contribution in [3.05, 3.63) is 95.1 Å². The number of aromatic amines is 2. The van der Waals surface area contributed by atoms with Gasteiger partial charge in [0.1, 0.15) is 0 Å². The van der Waals surface area contributed by atoms with Gasteiger partial charge in [-0.2, -0.15) is 0 Å². The first-order valence-corrected chi connectivity index (χ1v) is 10.4. The summed E-state index contributed by atoms with van der Waals surface area (Å²) in [6.45, 7) is 0. The Morgan fingerprint density at radius 1 is 0.594 bits per heavy atom. The van der Waals surface area contributed by atoms with Gasteiger partial charge in [-0.25, -0.2) is 9.97 Å². The van der Waals surface area contributed by atoms with Crippen molar-refractivity contribution in [2.45, 2.75) is 0 Å². The number of H-pyrrole nitrogens is 2. The normalized spacial score (nSPS) is 12.1. The second-order valence-electron chi connectivity index (χ2n) is 7.81. The fraction of sp³-hybridized carbons (Fsp3) is 0. The van der Waals surface area contributed by atoms with Crippen LogP contribution < -0.4 is 0 Å². The van der Waals surface area contributed by atoms with Crippen LogP contribution >= 0.6 is 0 Å². The molecule has 0 saturated heterocycles. The van der Waals surface area contributed by atoms with Gasteiger partial charge in [-0.1, -0.05) is 18.1 Å². The Labute approximate surface area is 185 Å². The zero-order chi connectivity index (χ0) is 21.5. The van der Waals surface area contributed by atoms with Crippen molar-refractivity contribution < 1.29 is 0 Å². The van der Waals surface area contributed by atoms with Gasteiger partial charge in [0, 0.05) is 33.2 Å². The van der Waals surface area contributed by atoms with Crippen LogP contribution in [0.25, 0.3) is 57.5 Å². The van der Waals surface area contributed by atoms with Crippen LogP contribution in [-0.2, 0) is 0 Å². The van der Waals surface area contributed by atoms with Gasteiger partial charge in [-0.3, -0.25) is 0 Å². The Morgan fingerprint density at radius 3 is 1.75 bits per heavy atom. The summed E-state index contributed by atoms with van der Waals surface area (Å²) in [5, 5.41) is 0. The molecule has 2 aliphatic rings. The van der Waals surface area contributed by atoms with E-state index in [1.165, 1.54) is 0 Å². The van der Waals surface area contributed by atoms with Gasteiger partial charge in [0.25, 0.3) is 0 Å². The fourth-order valence-electron chi connectivity index (χ4n) is 4.00. The van der Waals surface area contributed by atoms with Crippen LogP contribution in [0.4, 0.5) is 0 Å². The highest BCUT2D eigenvalue weighted by Gasteiger charge is 2.07. The number of benzene rings is 1. The zero-order valence-corrected chi connectivity index (χ0v) is 17.1. The molecule has 4 aromatic rings. The topological polar surface area (TPSA) is 57.4 Å². The summed E-state index contributed by atoms with van der Waals surface area (Å²) in [7, 11) is 0. The minimum Gasteiger partial charge on any atom is -0.355 e. The molecule has 4 heteroatoms. The van der Waals surface area contributed by atoms with Crippen molar-refractivity contribution in [3.8, 4) is 23.5 Å². The van der Waals surface area contributed by atoms with Crippen LogP contribution in [0.1, 0.15) is 28.3 Å². The molecule has 3 aromatic heterocycles. The summed E-state index contributed by atoms with van der Waals surface area (Å²) < 4.78 is 0. The molecule has 0 unspecified atom stereocenters. The van der Waals surface area contributed by atoms with Crippen LogP contribution in [0.3, 0.4) is 0 Å². The molecule has 0 spiro atoms. The SMILES string of the molecule is C#Cc1ccc(-c2cc3cc4nc(cc5ccc(cc6nc(cc2[nH]3)C=C6)[nH]5)C=C4)cc1. The van der Waals surface area contributed by atoms with Gasteiger partial charge in [-0.15, -0.1) is 6.42 Å². The number of hydrogen-bond donors (Lipinski definition) is 2. The fourth-order valence-corrected chi connectivity index (χ4v) is 4.00. The lowest BCUT2D eigenvalue weighted by Crippen LogP contribution is -1.79. The van der Waals surface area contributed by atoms with Crippen LogP contribution in [0.5, 0.6) is 0 Å². The van der Waals surface area contributed by atoms with Crippen molar-refractivity contribution in [2.24, 2.45) is 0 Å². The Balaban J connectivity index is 1.65. The molecule has 0 saturated carbocycles. The van der Waals surface area contributed by atoms with Crippen molar-refractivity contribution in [1.82, 2.24) is 19.9 Å². The molecule has 4 nitrogen and oxygen atoms in total. The highest BCUT2D eigenvalue weighted by atomic mass is 14.8. The largest absolute Gasteiger partial charge is 0.355 e. The number of terminal acetylenes is 1. The van der Waals surface area contributed by atoms with Gasteiger partial charge < -0.3 is 9.97 Å². The van der Waals surface area contributed by atoms with E-state index in [1.807, 2.05) is 60.7 Å². The van der Waals surface area contributed by atoms with E-state index in [-0.39, 0.29) is 0 Å². The summed E-state index contributed by atoms with van der Waals surface area (Å²) >= 11 is 0. The molecule has 5 heterocycles. The Hall–Kier alpha value is -4.62. The van der Waals surface area contributed by atoms with E-state index < -0.39 is 0 Å². The van der Waals surface area contributed by atoms with Gasteiger partial charge in [-0.05, 0) is 84.5 Å². The van der Waals surface area contributed by atoms with Crippen LogP contribution in [0.2, 0.25) is 0 Å². The molecule has 0 aliphatic carbocycles. The number of hydrogen-bond acceptors (Lipinski definition) is 2. The Morgan fingerprint density at radius 2 is 1.16 bits per heavy atom. The minimum absolute atomic E-state index is 0.863. The Bertz CT molecular complexity index is 1620. The number of rotatable bonds is 1. The van der Waals surface area contributed by atoms with Gasteiger partial charge in [0.15, 0.2) is 0 Å². The van der Waals surface area contributed by atoms with Gasteiger partial charge in [0.2, 0.25) is 0 Å². The predicted molar refractivity (Wildman–Crippen MR) is 132 cm³/mol. The minimum atomic E-state index is 0.863.